The Morgan fingerprint density at radius 2 is 1.00 bits per heavy atom. The van der Waals surface area contributed by atoms with E-state index in [4.69, 9.17) is 0 Å². The molecule has 0 fully saturated rings. The van der Waals surface area contributed by atoms with Crippen LogP contribution < -0.4 is 0 Å². The van der Waals surface area contributed by atoms with E-state index in [1.807, 2.05) is 0 Å². The van der Waals surface area contributed by atoms with Crippen LogP contribution in [0, 0.1) is 5.41 Å². The topological polar surface area (TPSA) is 0 Å². The van der Waals surface area contributed by atoms with Crippen molar-refractivity contribution in [2.75, 3.05) is 0 Å². The lowest BCUT2D eigenvalue weighted by molar-refractivity contribution is 0.628. The van der Waals surface area contributed by atoms with Crippen LogP contribution in [0.4, 0.5) is 0 Å². The molecule has 0 nitrogen and oxygen atoms in total. The highest BCUT2D eigenvalue weighted by Gasteiger charge is 2.13. The molecule has 0 radical (unpaired) electrons. The van der Waals surface area contributed by atoms with Gasteiger partial charge in [-0.15, -0.1) is 0 Å². The van der Waals surface area contributed by atoms with Gasteiger partial charge >= 0.3 is 0 Å². The zero-order valence-electron chi connectivity index (χ0n) is 13.4. The molecule has 0 bridgehead atoms. The molecule has 0 amide bonds. The fourth-order valence-corrected chi connectivity index (χ4v) is 2.73. The van der Waals surface area contributed by atoms with E-state index in [0.717, 1.165) is 0 Å². The lowest BCUT2D eigenvalue weighted by Crippen LogP contribution is -2.04. The molecule has 0 unspecified atom stereocenters. The van der Waals surface area contributed by atoms with Gasteiger partial charge in [-0.1, -0.05) is 86.7 Å². The molecule has 21 heavy (non-hydrogen) atoms. The van der Waals surface area contributed by atoms with Gasteiger partial charge in [0, 0.05) is 5.41 Å². The van der Waals surface area contributed by atoms with Crippen LogP contribution >= 0.6 is 0 Å². The van der Waals surface area contributed by atoms with Crippen molar-refractivity contribution in [3.63, 3.8) is 0 Å². The molecular weight excluding hydrogens is 252 g/mol. The third kappa shape index (κ3) is 4.46. The van der Waals surface area contributed by atoms with Crippen molar-refractivity contribution in [2.24, 2.45) is 5.41 Å². The van der Waals surface area contributed by atoms with Crippen LogP contribution in [0.5, 0.6) is 0 Å². The maximum absolute atomic E-state index is 2.34. The van der Waals surface area contributed by atoms with Gasteiger partial charge in [-0.2, -0.15) is 0 Å². The van der Waals surface area contributed by atoms with Gasteiger partial charge in [0.15, 0.2) is 0 Å². The second-order valence-electron chi connectivity index (χ2n) is 6.21. The highest BCUT2D eigenvalue weighted by atomic mass is 14.2. The van der Waals surface area contributed by atoms with Crippen molar-refractivity contribution in [1.29, 1.82) is 0 Å². The van der Waals surface area contributed by atoms with Crippen LogP contribution in [-0.2, 0) is 0 Å². The fourth-order valence-electron chi connectivity index (χ4n) is 2.73. The first-order valence-corrected chi connectivity index (χ1v) is 7.48. The largest absolute Gasteiger partial charge is 0.0715 e. The van der Waals surface area contributed by atoms with Crippen molar-refractivity contribution in [3.8, 4) is 0 Å². The Labute approximate surface area is 128 Å². The van der Waals surface area contributed by atoms with E-state index >= 15 is 0 Å². The maximum Gasteiger partial charge on any atom is 0.00162 e. The van der Waals surface area contributed by atoms with Gasteiger partial charge in [-0.3, -0.25) is 0 Å². The summed E-state index contributed by atoms with van der Waals surface area (Å²) in [6, 6.07) is 21.1. The molecule has 2 rings (SSSR count). The summed E-state index contributed by atoms with van der Waals surface area (Å²) in [6.07, 6.45) is 4.68. The highest BCUT2D eigenvalue weighted by molar-refractivity contribution is 5.68. The molecule has 0 saturated heterocycles. The Balaban J connectivity index is 2.26. The zero-order chi connectivity index (χ0) is 15.3. The predicted octanol–water partition coefficient (Wildman–Crippen LogP) is 6.22. The van der Waals surface area contributed by atoms with Crippen LogP contribution in [0.25, 0.3) is 11.1 Å². The van der Waals surface area contributed by atoms with Crippen molar-refractivity contribution < 1.29 is 0 Å². The molecule has 0 heterocycles. The summed E-state index contributed by atoms with van der Waals surface area (Å²) >= 11 is 0. The molecule has 0 atom stereocenters. The Bertz CT molecular complexity index is 571. The van der Waals surface area contributed by atoms with E-state index < -0.39 is 0 Å². The molecular formula is C21H24. The number of benzene rings is 2. The standard InChI is InChI=1S/C21H24/c1-17(19-11-7-5-8-12-19)15-21(3,4)16-18(2)20-13-9-6-10-14-20/h5-16H,1-4H3/b17-15+,18-16+. The Hall–Kier alpha value is -2.08. The minimum absolute atomic E-state index is 0.0276. The van der Waals surface area contributed by atoms with Gasteiger partial charge in [0.25, 0.3) is 0 Å². The molecule has 108 valence electrons. The van der Waals surface area contributed by atoms with Gasteiger partial charge < -0.3 is 0 Å². The minimum Gasteiger partial charge on any atom is -0.0715 e. The Morgan fingerprint density at radius 1 is 0.667 bits per heavy atom. The van der Waals surface area contributed by atoms with Gasteiger partial charge in [0.1, 0.15) is 0 Å². The monoisotopic (exact) mass is 276 g/mol. The normalized spacial score (nSPS) is 13.3. The van der Waals surface area contributed by atoms with Crippen LogP contribution in [0.15, 0.2) is 72.8 Å². The highest BCUT2D eigenvalue weighted by Crippen LogP contribution is 2.29. The van der Waals surface area contributed by atoms with Crippen molar-refractivity contribution in [3.05, 3.63) is 83.9 Å². The van der Waals surface area contributed by atoms with E-state index in [9.17, 15) is 0 Å². The predicted molar refractivity (Wildman–Crippen MR) is 94.0 cm³/mol. The third-order valence-corrected chi connectivity index (χ3v) is 3.64. The average Bonchev–Trinajstić information content (AvgIpc) is 2.48. The maximum atomic E-state index is 2.34. The number of hydrogen-bond donors (Lipinski definition) is 0. The first-order valence-electron chi connectivity index (χ1n) is 7.48. The summed E-state index contributed by atoms with van der Waals surface area (Å²) in [5.41, 5.74) is 5.24. The molecule has 0 aliphatic carbocycles. The third-order valence-electron chi connectivity index (χ3n) is 3.64. The number of allylic oxidation sites excluding steroid dienone is 4. The molecule has 0 aliphatic heterocycles. The van der Waals surface area contributed by atoms with Crippen molar-refractivity contribution >= 4 is 11.1 Å². The van der Waals surface area contributed by atoms with Gasteiger partial charge in [-0.05, 0) is 36.1 Å². The molecule has 0 aliphatic rings. The van der Waals surface area contributed by atoms with Crippen LogP contribution in [-0.4, -0.2) is 0 Å². The molecule has 2 aromatic carbocycles. The van der Waals surface area contributed by atoms with Crippen molar-refractivity contribution in [1.82, 2.24) is 0 Å². The quantitative estimate of drug-likeness (QED) is 0.622. The minimum atomic E-state index is 0.0276. The summed E-state index contributed by atoms with van der Waals surface area (Å²) < 4.78 is 0. The van der Waals surface area contributed by atoms with Gasteiger partial charge in [0.05, 0.1) is 0 Å². The SMILES string of the molecule is C/C(=C\C(C)(C)/C=C(\C)c1ccccc1)c1ccccc1. The summed E-state index contributed by atoms with van der Waals surface area (Å²) in [6.45, 7) is 8.88. The summed E-state index contributed by atoms with van der Waals surface area (Å²) in [5, 5.41) is 0. The van der Waals surface area contributed by atoms with Crippen molar-refractivity contribution in [2.45, 2.75) is 27.7 Å². The van der Waals surface area contributed by atoms with Gasteiger partial charge in [0.2, 0.25) is 0 Å². The van der Waals surface area contributed by atoms with E-state index in [0.29, 0.717) is 0 Å². The summed E-state index contributed by atoms with van der Waals surface area (Å²) in [5.74, 6) is 0. The summed E-state index contributed by atoms with van der Waals surface area (Å²) in [4.78, 5) is 0. The first-order chi connectivity index (χ1) is 9.98. The van der Waals surface area contributed by atoms with E-state index in [1.165, 1.54) is 22.3 Å². The molecule has 0 N–H and O–H groups in total. The number of rotatable bonds is 4. The lowest BCUT2D eigenvalue weighted by Gasteiger charge is -2.19. The second-order valence-corrected chi connectivity index (χ2v) is 6.21. The fraction of sp³-hybridized carbons (Fsp3) is 0.238. The van der Waals surface area contributed by atoms with E-state index in [1.54, 1.807) is 0 Å². The molecule has 0 saturated carbocycles. The Morgan fingerprint density at radius 3 is 1.33 bits per heavy atom. The van der Waals surface area contributed by atoms with Gasteiger partial charge in [-0.25, -0.2) is 0 Å². The average molecular weight is 276 g/mol. The molecule has 2 aromatic rings. The van der Waals surface area contributed by atoms with Crippen LogP contribution in [0.3, 0.4) is 0 Å². The summed E-state index contributed by atoms with van der Waals surface area (Å²) in [7, 11) is 0. The van der Waals surface area contributed by atoms with Crippen LogP contribution in [0.1, 0.15) is 38.8 Å². The first kappa shape index (κ1) is 15.3. The van der Waals surface area contributed by atoms with E-state index in [2.05, 4.69) is 101 Å². The molecule has 0 spiro atoms. The smallest absolute Gasteiger partial charge is 0.00162 e. The number of hydrogen-bond acceptors (Lipinski definition) is 0. The lowest BCUT2D eigenvalue weighted by atomic mass is 9.86. The second kappa shape index (κ2) is 6.58. The molecule has 0 heteroatoms. The van der Waals surface area contributed by atoms with E-state index in [-0.39, 0.29) is 5.41 Å². The Kier molecular flexibility index (Phi) is 4.80. The molecule has 0 aromatic heterocycles. The zero-order valence-corrected chi connectivity index (χ0v) is 13.4. The van der Waals surface area contributed by atoms with Crippen LogP contribution in [0.2, 0.25) is 0 Å².